The molecule has 0 radical (unpaired) electrons. The van der Waals surface area contributed by atoms with E-state index in [0.717, 1.165) is 22.0 Å². The van der Waals surface area contributed by atoms with Gasteiger partial charge in [-0.25, -0.2) is 0 Å². The van der Waals surface area contributed by atoms with Crippen LogP contribution in [0.4, 0.5) is 0 Å². The van der Waals surface area contributed by atoms with Crippen LogP contribution in [0.25, 0.3) is 0 Å². The fraction of sp³-hybridized carbons (Fsp3) is 0.286. The van der Waals surface area contributed by atoms with E-state index >= 15 is 0 Å². The van der Waals surface area contributed by atoms with Gasteiger partial charge in [0.15, 0.2) is 5.78 Å². The molecule has 92 valence electrons. The summed E-state index contributed by atoms with van der Waals surface area (Å²) in [4.78, 5) is 12.2. The maximum Gasteiger partial charge on any atom is 0.184 e. The molecule has 1 aliphatic rings. The van der Waals surface area contributed by atoms with Crippen molar-refractivity contribution in [1.29, 1.82) is 0 Å². The molecule has 1 aliphatic carbocycles. The Morgan fingerprint density at radius 1 is 1.33 bits per heavy atom. The first-order chi connectivity index (χ1) is 8.72. The lowest BCUT2D eigenvalue weighted by Crippen LogP contribution is -2.11. The van der Waals surface area contributed by atoms with Crippen molar-refractivity contribution in [3.8, 4) is 0 Å². The van der Waals surface area contributed by atoms with Gasteiger partial charge >= 0.3 is 0 Å². The van der Waals surface area contributed by atoms with E-state index in [4.69, 9.17) is 0 Å². The van der Waals surface area contributed by atoms with E-state index in [2.05, 4.69) is 39.8 Å². The lowest BCUT2D eigenvalue weighted by molar-refractivity contribution is 0.0967. The molecule has 1 heterocycles. The summed E-state index contributed by atoms with van der Waals surface area (Å²) in [6.45, 7) is 0.321. The highest BCUT2D eigenvalue weighted by Gasteiger charge is 2.14. The minimum atomic E-state index is 0.129. The monoisotopic (exact) mass is 352 g/mol. The predicted octanol–water partition coefficient (Wildman–Crippen LogP) is 2.86. The van der Waals surface area contributed by atoms with Crippen molar-refractivity contribution in [2.45, 2.75) is 25.8 Å². The summed E-state index contributed by atoms with van der Waals surface area (Å²) in [6, 6.07) is 6.10. The number of aryl methyl sites for hydroxylation is 2. The molecule has 0 saturated carbocycles. The molecule has 0 bridgehead atoms. The molecule has 0 saturated heterocycles. The Hall–Kier alpha value is -1.17. The number of hydrogen-bond donors (Lipinski definition) is 0. The van der Waals surface area contributed by atoms with Gasteiger partial charge < -0.3 is 0 Å². The summed E-state index contributed by atoms with van der Waals surface area (Å²) in [5, 5.41) is 4.14. The van der Waals surface area contributed by atoms with Gasteiger partial charge in [0.1, 0.15) is 6.54 Å². The normalized spacial score (nSPS) is 13.6. The predicted molar refractivity (Wildman–Crippen MR) is 77.7 cm³/mol. The number of hydrogen-bond acceptors (Lipinski definition) is 2. The summed E-state index contributed by atoms with van der Waals surface area (Å²) in [5.41, 5.74) is 3.55. The van der Waals surface area contributed by atoms with Gasteiger partial charge in [0.25, 0.3) is 0 Å². The standard InChI is InChI=1S/C14H13IN2O/c15-13-7-16-17(8-13)9-14(18)12-5-4-10-2-1-3-11(10)6-12/h4-8H,1-3,9H2. The zero-order valence-electron chi connectivity index (χ0n) is 9.90. The van der Waals surface area contributed by atoms with Crippen LogP contribution in [-0.2, 0) is 19.4 Å². The van der Waals surface area contributed by atoms with Crippen molar-refractivity contribution in [2.24, 2.45) is 0 Å². The van der Waals surface area contributed by atoms with Gasteiger partial charge in [-0.15, -0.1) is 0 Å². The Bertz CT molecular complexity index is 604. The Morgan fingerprint density at radius 3 is 2.94 bits per heavy atom. The van der Waals surface area contributed by atoms with Crippen molar-refractivity contribution >= 4 is 28.4 Å². The quantitative estimate of drug-likeness (QED) is 0.629. The zero-order valence-corrected chi connectivity index (χ0v) is 12.1. The highest BCUT2D eigenvalue weighted by Crippen LogP contribution is 2.23. The summed E-state index contributed by atoms with van der Waals surface area (Å²) in [7, 11) is 0. The first-order valence-corrected chi connectivity index (χ1v) is 7.13. The first kappa shape index (κ1) is 11.9. The zero-order chi connectivity index (χ0) is 12.5. The van der Waals surface area contributed by atoms with Gasteiger partial charge in [-0.05, 0) is 59.0 Å². The highest BCUT2D eigenvalue weighted by atomic mass is 127. The number of halogens is 1. The van der Waals surface area contributed by atoms with E-state index < -0.39 is 0 Å². The molecule has 3 nitrogen and oxygen atoms in total. The topological polar surface area (TPSA) is 34.9 Å². The summed E-state index contributed by atoms with van der Waals surface area (Å²) < 4.78 is 2.74. The average molecular weight is 352 g/mol. The van der Waals surface area contributed by atoms with Gasteiger partial charge in [-0.1, -0.05) is 12.1 Å². The molecular weight excluding hydrogens is 339 g/mol. The molecule has 2 aromatic rings. The van der Waals surface area contributed by atoms with E-state index in [1.54, 1.807) is 10.9 Å². The molecule has 0 aliphatic heterocycles. The minimum absolute atomic E-state index is 0.129. The Labute approximate surface area is 119 Å². The molecule has 4 heteroatoms. The third kappa shape index (κ3) is 2.34. The third-order valence-corrected chi connectivity index (χ3v) is 3.88. The maximum atomic E-state index is 12.2. The number of Topliss-reactive ketones (excluding diaryl/α,β-unsaturated/α-hetero) is 1. The second-order valence-electron chi connectivity index (χ2n) is 4.62. The second kappa shape index (κ2) is 4.84. The van der Waals surface area contributed by atoms with E-state index in [0.29, 0.717) is 6.54 Å². The van der Waals surface area contributed by atoms with Crippen LogP contribution in [0.5, 0.6) is 0 Å². The molecule has 0 fully saturated rings. The van der Waals surface area contributed by atoms with Crippen LogP contribution in [0.1, 0.15) is 27.9 Å². The SMILES string of the molecule is O=C(Cn1cc(I)cn1)c1ccc2c(c1)CCC2. The fourth-order valence-electron chi connectivity index (χ4n) is 2.41. The van der Waals surface area contributed by atoms with Crippen LogP contribution >= 0.6 is 22.6 Å². The molecule has 3 rings (SSSR count). The average Bonchev–Trinajstić information content (AvgIpc) is 2.96. The number of nitrogens with zero attached hydrogens (tertiary/aromatic N) is 2. The molecule has 0 amide bonds. The second-order valence-corrected chi connectivity index (χ2v) is 5.86. The number of carbonyl (C=O) groups is 1. The number of aromatic nitrogens is 2. The van der Waals surface area contributed by atoms with E-state index in [-0.39, 0.29) is 5.78 Å². The summed E-state index contributed by atoms with van der Waals surface area (Å²) >= 11 is 2.19. The van der Waals surface area contributed by atoms with Crippen LogP contribution in [0, 0.1) is 3.57 Å². The smallest absolute Gasteiger partial charge is 0.184 e. The Balaban J connectivity index is 1.80. The molecule has 0 atom stereocenters. The molecule has 1 aromatic heterocycles. The molecule has 1 aromatic carbocycles. The Morgan fingerprint density at radius 2 is 2.17 bits per heavy atom. The number of rotatable bonds is 3. The lowest BCUT2D eigenvalue weighted by atomic mass is 10.0. The van der Waals surface area contributed by atoms with Crippen LogP contribution in [-0.4, -0.2) is 15.6 Å². The number of ketones is 1. The van der Waals surface area contributed by atoms with Crippen LogP contribution in [0.2, 0.25) is 0 Å². The van der Waals surface area contributed by atoms with Crippen LogP contribution in [0.3, 0.4) is 0 Å². The van der Waals surface area contributed by atoms with Gasteiger partial charge in [0.05, 0.1) is 9.77 Å². The molecule has 0 N–H and O–H groups in total. The van der Waals surface area contributed by atoms with E-state index in [9.17, 15) is 4.79 Å². The molecule has 0 spiro atoms. The Kier molecular flexibility index (Phi) is 3.20. The van der Waals surface area contributed by atoms with Crippen molar-refractivity contribution in [1.82, 2.24) is 9.78 Å². The molecular formula is C14H13IN2O. The van der Waals surface area contributed by atoms with Gasteiger partial charge in [-0.2, -0.15) is 5.10 Å². The first-order valence-electron chi connectivity index (χ1n) is 6.05. The van der Waals surface area contributed by atoms with Crippen molar-refractivity contribution in [3.63, 3.8) is 0 Å². The van der Waals surface area contributed by atoms with Crippen molar-refractivity contribution < 1.29 is 4.79 Å². The number of benzene rings is 1. The number of carbonyl (C=O) groups excluding carboxylic acids is 1. The third-order valence-electron chi connectivity index (χ3n) is 3.33. The largest absolute Gasteiger partial charge is 0.292 e. The maximum absolute atomic E-state index is 12.2. The fourth-order valence-corrected chi connectivity index (χ4v) is 2.85. The van der Waals surface area contributed by atoms with Gasteiger partial charge in [0.2, 0.25) is 0 Å². The van der Waals surface area contributed by atoms with Crippen LogP contribution < -0.4 is 0 Å². The van der Waals surface area contributed by atoms with Crippen molar-refractivity contribution in [2.75, 3.05) is 0 Å². The highest BCUT2D eigenvalue weighted by molar-refractivity contribution is 14.1. The van der Waals surface area contributed by atoms with Gasteiger partial charge in [-0.3, -0.25) is 9.48 Å². The summed E-state index contributed by atoms with van der Waals surface area (Å²) in [6.07, 6.45) is 7.12. The van der Waals surface area contributed by atoms with Crippen LogP contribution in [0.15, 0.2) is 30.6 Å². The van der Waals surface area contributed by atoms with E-state index in [1.165, 1.54) is 17.5 Å². The lowest BCUT2D eigenvalue weighted by Gasteiger charge is -2.04. The molecule has 18 heavy (non-hydrogen) atoms. The minimum Gasteiger partial charge on any atom is -0.292 e. The van der Waals surface area contributed by atoms with Gasteiger partial charge in [0, 0.05) is 11.8 Å². The van der Waals surface area contributed by atoms with Crippen molar-refractivity contribution in [3.05, 3.63) is 50.9 Å². The van der Waals surface area contributed by atoms with E-state index in [1.807, 2.05) is 12.3 Å². The number of fused-ring (bicyclic) bond motifs is 1. The molecule has 0 unspecified atom stereocenters. The summed E-state index contributed by atoms with van der Waals surface area (Å²) in [5.74, 6) is 0.129.